The van der Waals surface area contributed by atoms with Gasteiger partial charge < -0.3 is 4.74 Å². The van der Waals surface area contributed by atoms with E-state index in [1.165, 1.54) is 12.8 Å². The van der Waals surface area contributed by atoms with Crippen LogP contribution in [-0.4, -0.2) is 12.6 Å². The summed E-state index contributed by atoms with van der Waals surface area (Å²) in [7, 11) is 0. The van der Waals surface area contributed by atoms with Gasteiger partial charge in [-0.3, -0.25) is 4.79 Å². The fourth-order valence-corrected chi connectivity index (χ4v) is 0.611. The van der Waals surface area contributed by atoms with E-state index in [0.717, 1.165) is 0 Å². The van der Waals surface area contributed by atoms with Gasteiger partial charge in [0.25, 0.3) is 0 Å². The molecule has 0 aromatic carbocycles. The Kier molecular flexibility index (Phi) is 2.27. The number of nitrogens with zero attached hydrogens (tertiary/aromatic N) is 1. The van der Waals surface area contributed by atoms with Gasteiger partial charge in [-0.2, -0.15) is 5.26 Å². The Labute approximate surface area is 59.6 Å². The molecule has 0 saturated heterocycles. The summed E-state index contributed by atoms with van der Waals surface area (Å²) in [6, 6.07) is 1.74. The van der Waals surface area contributed by atoms with Crippen LogP contribution in [0.3, 0.4) is 0 Å². The first-order chi connectivity index (χ1) is 4.83. The monoisotopic (exact) mass is 139 g/mol. The van der Waals surface area contributed by atoms with Crippen molar-refractivity contribution in [2.45, 2.75) is 19.3 Å². The molecule has 3 heteroatoms. The predicted molar refractivity (Wildman–Crippen MR) is 33.9 cm³/mol. The Bertz CT molecular complexity index is 167. The summed E-state index contributed by atoms with van der Waals surface area (Å²) in [5, 5.41) is 8.07. The first kappa shape index (κ1) is 7.07. The lowest BCUT2D eigenvalue weighted by Crippen LogP contribution is -2.05. The topological polar surface area (TPSA) is 50.1 Å². The zero-order chi connectivity index (χ0) is 7.40. The zero-order valence-electron chi connectivity index (χ0n) is 5.67. The SMILES string of the molecule is N#CCC(=O)OCC1CC1. The van der Waals surface area contributed by atoms with E-state index < -0.39 is 5.97 Å². The molecule has 0 spiro atoms. The Morgan fingerprint density at radius 2 is 2.40 bits per heavy atom. The number of carbonyl (C=O) groups is 1. The number of nitriles is 1. The number of ether oxygens (including phenoxy) is 1. The maximum Gasteiger partial charge on any atom is 0.320 e. The molecule has 0 aromatic rings. The lowest BCUT2D eigenvalue weighted by molar-refractivity contribution is -0.142. The Morgan fingerprint density at radius 1 is 1.70 bits per heavy atom. The third kappa shape index (κ3) is 2.49. The second-order valence-corrected chi connectivity index (χ2v) is 2.46. The van der Waals surface area contributed by atoms with Gasteiger partial charge in [-0.05, 0) is 18.8 Å². The fourth-order valence-electron chi connectivity index (χ4n) is 0.611. The molecule has 0 N–H and O–H groups in total. The summed E-state index contributed by atoms with van der Waals surface area (Å²) in [6.45, 7) is 0.514. The van der Waals surface area contributed by atoms with Crippen molar-refractivity contribution in [1.29, 1.82) is 5.26 Å². The van der Waals surface area contributed by atoms with E-state index >= 15 is 0 Å². The summed E-state index contributed by atoms with van der Waals surface area (Å²) in [6.07, 6.45) is 2.21. The standard InChI is InChI=1S/C7H9NO2/c8-4-3-7(9)10-5-6-1-2-6/h6H,1-3,5H2. The summed E-state index contributed by atoms with van der Waals surface area (Å²) in [5.41, 5.74) is 0. The molecule has 0 radical (unpaired) electrons. The minimum atomic E-state index is -0.394. The average molecular weight is 139 g/mol. The van der Waals surface area contributed by atoms with E-state index in [9.17, 15) is 4.79 Å². The van der Waals surface area contributed by atoms with Crippen molar-refractivity contribution < 1.29 is 9.53 Å². The average Bonchev–Trinajstić information content (AvgIpc) is 2.67. The van der Waals surface area contributed by atoms with Gasteiger partial charge in [0.1, 0.15) is 6.42 Å². The van der Waals surface area contributed by atoms with Gasteiger partial charge in [0.05, 0.1) is 12.7 Å². The molecular weight excluding hydrogens is 130 g/mol. The molecule has 1 saturated carbocycles. The predicted octanol–water partition coefficient (Wildman–Crippen LogP) is 0.853. The first-order valence-electron chi connectivity index (χ1n) is 3.35. The van der Waals surface area contributed by atoms with Crippen LogP contribution in [0.2, 0.25) is 0 Å². The third-order valence-electron chi connectivity index (χ3n) is 1.40. The van der Waals surface area contributed by atoms with Crippen molar-refractivity contribution in [2.24, 2.45) is 5.92 Å². The maximum atomic E-state index is 10.5. The molecule has 0 aliphatic heterocycles. The van der Waals surface area contributed by atoms with Crippen molar-refractivity contribution in [2.75, 3.05) is 6.61 Å². The zero-order valence-corrected chi connectivity index (χ0v) is 5.67. The smallest absolute Gasteiger partial charge is 0.320 e. The molecule has 3 nitrogen and oxygen atoms in total. The largest absolute Gasteiger partial charge is 0.465 e. The molecule has 1 aliphatic carbocycles. The molecule has 54 valence electrons. The molecule has 0 heterocycles. The molecule has 0 aromatic heterocycles. The van der Waals surface area contributed by atoms with Gasteiger partial charge in [-0.1, -0.05) is 0 Å². The van der Waals surface area contributed by atoms with Crippen LogP contribution in [0.5, 0.6) is 0 Å². The quantitative estimate of drug-likeness (QED) is 0.545. The summed E-state index contributed by atoms with van der Waals surface area (Å²) in [5.74, 6) is 0.192. The van der Waals surface area contributed by atoms with Crippen molar-refractivity contribution in [3.8, 4) is 6.07 Å². The van der Waals surface area contributed by atoms with Crippen molar-refractivity contribution in [1.82, 2.24) is 0 Å². The number of hydrogen-bond donors (Lipinski definition) is 0. The second kappa shape index (κ2) is 3.21. The van der Waals surface area contributed by atoms with Gasteiger partial charge in [0, 0.05) is 0 Å². The van der Waals surface area contributed by atoms with Gasteiger partial charge in [0.15, 0.2) is 0 Å². The molecule has 0 bridgehead atoms. The lowest BCUT2D eigenvalue weighted by Gasteiger charge is -1.97. The van der Waals surface area contributed by atoms with Gasteiger partial charge in [-0.15, -0.1) is 0 Å². The van der Waals surface area contributed by atoms with E-state index in [4.69, 9.17) is 10.00 Å². The molecule has 1 rings (SSSR count). The number of carbonyl (C=O) groups excluding carboxylic acids is 1. The molecule has 10 heavy (non-hydrogen) atoms. The van der Waals surface area contributed by atoms with Crippen LogP contribution in [0.1, 0.15) is 19.3 Å². The normalized spacial score (nSPS) is 15.9. The highest BCUT2D eigenvalue weighted by Gasteiger charge is 2.22. The van der Waals surface area contributed by atoms with Gasteiger partial charge in [0.2, 0.25) is 0 Å². The Balaban J connectivity index is 2.01. The van der Waals surface area contributed by atoms with E-state index in [0.29, 0.717) is 12.5 Å². The van der Waals surface area contributed by atoms with Crippen LogP contribution in [0.4, 0.5) is 0 Å². The molecule has 0 amide bonds. The van der Waals surface area contributed by atoms with Crippen LogP contribution in [0, 0.1) is 17.2 Å². The second-order valence-electron chi connectivity index (χ2n) is 2.46. The van der Waals surface area contributed by atoms with Crippen molar-refractivity contribution in [3.63, 3.8) is 0 Å². The summed E-state index contributed by atoms with van der Waals surface area (Å²) < 4.78 is 4.74. The number of rotatable bonds is 3. The lowest BCUT2D eigenvalue weighted by atomic mass is 10.4. The minimum Gasteiger partial charge on any atom is -0.465 e. The van der Waals surface area contributed by atoms with E-state index in [2.05, 4.69) is 0 Å². The van der Waals surface area contributed by atoms with Crippen LogP contribution < -0.4 is 0 Å². The Hall–Kier alpha value is -1.04. The van der Waals surface area contributed by atoms with E-state index in [-0.39, 0.29) is 6.42 Å². The molecule has 1 fully saturated rings. The minimum absolute atomic E-state index is 0.118. The van der Waals surface area contributed by atoms with Crippen LogP contribution >= 0.6 is 0 Å². The third-order valence-corrected chi connectivity index (χ3v) is 1.40. The van der Waals surface area contributed by atoms with Crippen LogP contribution in [-0.2, 0) is 9.53 Å². The molecule has 0 unspecified atom stereocenters. The highest BCUT2D eigenvalue weighted by Crippen LogP contribution is 2.28. The van der Waals surface area contributed by atoms with Crippen molar-refractivity contribution in [3.05, 3.63) is 0 Å². The highest BCUT2D eigenvalue weighted by molar-refractivity contribution is 5.71. The molecular formula is C7H9NO2. The highest BCUT2D eigenvalue weighted by atomic mass is 16.5. The van der Waals surface area contributed by atoms with Crippen molar-refractivity contribution >= 4 is 5.97 Å². The molecule has 0 atom stereocenters. The van der Waals surface area contributed by atoms with Crippen LogP contribution in [0.25, 0.3) is 0 Å². The van der Waals surface area contributed by atoms with E-state index in [1.54, 1.807) is 6.07 Å². The fraction of sp³-hybridized carbons (Fsp3) is 0.714. The van der Waals surface area contributed by atoms with Gasteiger partial charge in [-0.25, -0.2) is 0 Å². The number of hydrogen-bond acceptors (Lipinski definition) is 3. The first-order valence-corrected chi connectivity index (χ1v) is 3.35. The summed E-state index contributed by atoms with van der Waals surface area (Å²) in [4.78, 5) is 10.5. The Morgan fingerprint density at radius 3 is 2.90 bits per heavy atom. The van der Waals surface area contributed by atoms with Gasteiger partial charge >= 0.3 is 5.97 Å². The van der Waals surface area contributed by atoms with E-state index in [1.807, 2.05) is 0 Å². The number of esters is 1. The summed E-state index contributed by atoms with van der Waals surface area (Å²) >= 11 is 0. The molecule has 1 aliphatic rings. The maximum absolute atomic E-state index is 10.5. The van der Waals surface area contributed by atoms with Crippen LogP contribution in [0.15, 0.2) is 0 Å².